The summed E-state index contributed by atoms with van der Waals surface area (Å²) in [5, 5.41) is 0. The van der Waals surface area contributed by atoms with E-state index in [-0.39, 0.29) is 5.54 Å². The fourth-order valence-corrected chi connectivity index (χ4v) is 2.31. The summed E-state index contributed by atoms with van der Waals surface area (Å²) in [4.78, 5) is 10.1. The van der Waals surface area contributed by atoms with Gasteiger partial charge in [0, 0.05) is 12.1 Å². The van der Waals surface area contributed by atoms with Crippen LogP contribution in [-0.2, 0) is 6.54 Å². The van der Waals surface area contributed by atoms with Crippen LogP contribution < -0.4 is 5.73 Å². The van der Waals surface area contributed by atoms with Gasteiger partial charge < -0.3 is 10.7 Å². The first kappa shape index (κ1) is 14.0. The van der Waals surface area contributed by atoms with Crippen molar-refractivity contribution in [3.8, 4) is 0 Å². The van der Waals surface area contributed by atoms with Crippen molar-refractivity contribution in [3.05, 3.63) is 29.6 Å². The predicted octanol–water partition coefficient (Wildman–Crippen LogP) is 2.43. The van der Waals surface area contributed by atoms with Gasteiger partial charge in [-0.2, -0.15) is 0 Å². The zero-order chi connectivity index (χ0) is 14.0. The molecule has 2 aromatic rings. The Morgan fingerprint density at radius 3 is 2.79 bits per heavy atom. The number of aromatic amines is 1. The molecule has 1 heterocycles. The molecule has 0 amide bonds. The minimum absolute atomic E-state index is 0.119. The lowest BCUT2D eigenvalue weighted by molar-refractivity contribution is 0.140. The summed E-state index contributed by atoms with van der Waals surface area (Å²) in [7, 11) is 2.15. The molecule has 0 spiro atoms. The van der Waals surface area contributed by atoms with Crippen molar-refractivity contribution in [2.45, 2.75) is 39.3 Å². The molecule has 1 aromatic carbocycles. The quantitative estimate of drug-likeness (QED) is 0.868. The van der Waals surface area contributed by atoms with Crippen molar-refractivity contribution < 1.29 is 0 Å². The molecule has 4 nitrogen and oxygen atoms in total. The van der Waals surface area contributed by atoms with Crippen molar-refractivity contribution in [2.75, 3.05) is 13.6 Å². The van der Waals surface area contributed by atoms with Crippen LogP contribution in [0.2, 0.25) is 0 Å². The van der Waals surface area contributed by atoms with Crippen molar-refractivity contribution in [1.29, 1.82) is 0 Å². The Kier molecular flexibility index (Phi) is 3.92. The van der Waals surface area contributed by atoms with E-state index in [1.165, 1.54) is 5.56 Å². The fourth-order valence-electron chi connectivity index (χ4n) is 2.31. The molecule has 2 rings (SSSR count). The SMILES string of the molecule is Cc1nc2ccc(CN(C)C(C)(C)CCN)cc2[nH]1. The molecule has 3 N–H and O–H groups in total. The van der Waals surface area contributed by atoms with E-state index >= 15 is 0 Å². The predicted molar refractivity (Wildman–Crippen MR) is 80.0 cm³/mol. The Labute approximate surface area is 115 Å². The Bertz CT molecular complexity index is 556. The molecular formula is C15H24N4. The summed E-state index contributed by atoms with van der Waals surface area (Å²) < 4.78 is 0. The normalized spacial score (nSPS) is 12.5. The molecule has 0 aliphatic carbocycles. The van der Waals surface area contributed by atoms with Gasteiger partial charge in [0.25, 0.3) is 0 Å². The third-order valence-electron chi connectivity index (χ3n) is 3.87. The monoisotopic (exact) mass is 260 g/mol. The highest BCUT2D eigenvalue weighted by atomic mass is 15.2. The van der Waals surface area contributed by atoms with E-state index in [1.807, 2.05) is 6.92 Å². The van der Waals surface area contributed by atoms with Crippen LogP contribution in [0.3, 0.4) is 0 Å². The number of H-pyrrole nitrogens is 1. The molecule has 0 aliphatic heterocycles. The van der Waals surface area contributed by atoms with E-state index in [0.717, 1.165) is 36.4 Å². The topological polar surface area (TPSA) is 57.9 Å². The average Bonchev–Trinajstić information content (AvgIpc) is 2.68. The van der Waals surface area contributed by atoms with Crippen LogP contribution in [0.5, 0.6) is 0 Å². The number of hydrogen-bond donors (Lipinski definition) is 2. The van der Waals surface area contributed by atoms with Gasteiger partial charge in [0.1, 0.15) is 5.82 Å². The lowest BCUT2D eigenvalue weighted by atomic mass is 9.98. The molecule has 104 valence electrons. The van der Waals surface area contributed by atoms with E-state index in [9.17, 15) is 0 Å². The van der Waals surface area contributed by atoms with Crippen molar-refractivity contribution >= 4 is 11.0 Å². The molecule has 0 saturated heterocycles. The average molecular weight is 260 g/mol. The maximum atomic E-state index is 5.68. The number of hydrogen-bond acceptors (Lipinski definition) is 3. The Morgan fingerprint density at radius 2 is 2.11 bits per heavy atom. The number of imidazole rings is 1. The highest BCUT2D eigenvalue weighted by Gasteiger charge is 2.22. The number of rotatable bonds is 5. The highest BCUT2D eigenvalue weighted by Crippen LogP contribution is 2.21. The third-order valence-corrected chi connectivity index (χ3v) is 3.87. The van der Waals surface area contributed by atoms with Gasteiger partial charge in [-0.25, -0.2) is 4.98 Å². The molecule has 0 aliphatic rings. The summed E-state index contributed by atoms with van der Waals surface area (Å²) in [6.45, 7) is 8.09. The second-order valence-electron chi connectivity index (χ2n) is 5.88. The van der Waals surface area contributed by atoms with Gasteiger partial charge in [-0.05, 0) is 58.5 Å². The molecule has 0 bridgehead atoms. The van der Waals surface area contributed by atoms with Crippen LogP contribution in [0.1, 0.15) is 31.7 Å². The molecular weight excluding hydrogens is 236 g/mol. The van der Waals surface area contributed by atoms with E-state index in [0.29, 0.717) is 0 Å². The van der Waals surface area contributed by atoms with Crippen LogP contribution in [0.25, 0.3) is 11.0 Å². The first-order valence-corrected chi connectivity index (χ1v) is 6.79. The summed E-state index contributed by atoms with van der Waals surface area (Å²) in [6, 6.07) is 6.42. The second-order valence-corrected chi connectivity index (χ2v) is 5.88. The van der Waals surface area contributed by atoms with Gasteiger partial charge in [-0.15, -0.1) is 0 Å². The smallest absolute Gasteiger partial charge is 0.104 e. The summed E-state index contributed by atoms with van der Waals surface area (Å²) in [5.74, 6) is 0.962. The summed E-state index contributed by atoms with van der Waals surface area (Å²) in [6.07, 6.45) is 0.995. The molecule has 0 saturated carbocycles. The minimum atomic E-state index is 0.119. The Hall–Kier alpha value is -1.39. The number of benzene rings is 1. The summed E-state index contributed by atoms with van der Waals surface area (Å²) >= 11 is 0. The van der Waals surface area contributed by atoms with E-state index < -0.39 is 0 Å². The molecule has 19 heavy (non-hydrogen) atoms. The second kappa shape index (κ2) is 5.31. The van der Waals surface area contributed by atoms with Crippen molar-refractivity contribution in [1.82, 2.24) is 14.9 Å². The fraction of sp³-hybridized carbons (Fsp3) is 0.533. The van der Waals surface area contributed by atoms with Gasteiger partial charge >= 0.3 is 0 Å². The summed E-state index contributed by atoms with van der Waals surface area (Å²) in [5.41, 5.74) is 9.24. The number of aryl methyl sites for hydroxylation is 1. The number of aromatic nitrogens is 2. The zero-order valence-corrected chi connectivity index (χ0v) is 12.3. The largest absolute Gasteiger partial charge is 0.342 e. The maximum Gasteiger partial charge on any atom is 0.104 e. The van der Waals surface area contributed by atoms with Crippen LogP contribution >= 0.6 is 0 Å². The van der Waals surface area contributed by atoms with Gasteiger partial charge in [-0.1, -0.05) is 6.07 Å². The third kappa shape index (κ3) is 3.14. The van der Waals surface area contributed by atoms with Gasteiger partial charge in [-0.3, -0.25) is 4.90 Å². The molecule has 0 fully saturated rings. The van der Waals surface area contributed by atoms with E-state index in [1.54, 1.807) is 0 Å². The van der Waals surface area contributed by atoms with Gasteiger partial charge in [0.2, 0.25) is 0 Å². The van der Waals surface area contributed by atoms with Crippen molar-refractivity contribution in [3.63, 3.8) is 0 Å². The lowest BCUT2D eigenvalue weighted by Gasteiger charge is -2.35. The van der Waals surface area contributed by atoms with Gasteiger partial charge in [0.15, 0.2) is 0 Å². The Morgan fingerprint density at radius 1 is 1.37 bits per heavy atom. The van der Waals surface area contributed by atoms with Gasteiger partial charge in [0.05, 0.1) is 11.0 Å². The number of nitrogens with one attached hydrogen (secondary N) is 1. The highest BCUT2D eigenvalue weighted by molar-refractivity contribution is 5.75. The van der Waals surface area contributed by atoms with Crippen LogP contribution in [0.15, 0.2) is 18.2 Å². The molecule has 1 aromatic heterocycles. The molecule has 0 radical (unpaired) electrons. The first-order chi connectivity index (χ1) is 8.92. The van der Waals surface area contributed by atoms with Crippen LogP contribution in [-0.4, -0.2) is 34.0 Å². The maximum absolute atomic E-state index is 5.68. The van der Waals surface area contributed by atoms with E-state index in [2.05, 4.69) is 54.0 Å². The Balaban J connectivity index is 2.16. The lowest BCUT2D eigenvalue weighted by Crippen LogP contribution is -2.42. The first-order valence-electron chi connectivity index (χ1n) is 6.79. The van der Waals surface area contributed by atoms with Crippen LogP contribution in [0, 0.1) is 6.92 Å². The number of fused-ring (bicyclic) bond motifs is 1. The zero-order valence-electron chi connectivity index (χ0n) is 12.3. The van der Waals surface area contributed by atoms with E-state index in [4.69, 9.17) is 5.73 Å². The van der Waals surface area contributed by atoms with Crippen LogP contribution in [0.4, 0.5) is 0 Å². The minimum Gasteiger partial charge on any atom is -0.342 e. The molecule has 4 heteroatoms. The molecule has 0 atom stereocenters. The number of nitrogens with zero attached hydrogens (tertiary/aromatic N) is 2. The molecule has 0 unspecified atom stereocenters. The number of nitrogens with two attached hydrogens (primary N) is 1. The van der Waals surface area contributed by atoms with Crippen molar-refractivity contribution in [2.24, 2.45) is 5.73 Å². The standard InChI is InChI=1S/C15H24N4/c1-11-17-13-6-5-12(9-14(13)18-11)10-19(4)15(2,3)7-8-16/h5-6,9H,7-8,10,16H2,1-4H3,(H,17,18).